The van der Waals surface area contributed by atoms with E-state index in [4.69, 9.17) is 0 Å². The molecule has 2 unspecified atom stereocenters. The van der Waals surface area contributed by atoms with E-state index in [2.05, 4.69) is 41.7 Å². The minimum atomic E-state index is -3.36. The number of nitrogens with zero attached hydrogens (tertiary/aromatic N) is 2. The number of carbonyl (C=O) groups is 5. The SMILES string of the molecule is C=CCNC(=O)C(=O)C(CC1CC1)NC(=O)C1[C@@H]2[C@H](CN1C(=O)[C@@H](NC(=O)N[C@H](CN1CCCS1(=O)=O)C(C)C)C(C)(C)C)C2(C)C. The van der Waals surface area contributed by atoms with Crippen molar-refractivity contribution in [2.45, 2.75) is 98.3 Å². The number of carbonyl (C=O) groups excluding carboxylic acids is 5. The molecule has 2 saturated carbocycles. The number of amides is 5. The van der Waals surface area contributed by atoms with Gasteiger partial charge in [0.05, 0.1) is 11.8 Å². The maximum atomic E-state index is 14.3. The van der Waals surface area contributed by atoms with E-state index in [0.29, 0.717) is 25.9 Å². The highest BCUT2D eigenvalue weighted by molar-refractivity contribution is 7.89. The van der Waals surface area contributed by atoms with Gasteiger partial charge >= 0.3 is 6.03 Å². The van der Waals surface area contributed by atoms with E-state index in [1.165, 1.54) is 15.3 Å². The Labute approximate surface area is 279 Å². The largest absolute Gasteiger partial charge is 0.346 e. The Balaban J connectivity index is 1.50. The summed E-state index contributed by atoms with van der Waals surface area (Å²) in [6.45, 7) is 17.9. The molecule has 0 bridgehead atoms. The number of piperidine rings is 1. The van der Waals surface area contributed by atoms with Gasteiger partial charge < -0.3 is 26.2 Å². The average molecular weight is 679 g/mol. The molecule has 4 aliphatic rings. The number of rotatable bonds is 14. The number of sulfonamides is 1. The predicted molar refractivity (Wildman–Crippen MR) is 177 cm³/mol. The van der Waals surface area contributed by atoms with Crippen molar-refractivity contribution in [2.24, 2.45) is 34.5 Å². The molecule has 0 aromatic heterocycles. The van der Waals surface area contributed by atoms with E-state index >= 15 is 0 Å². The van der Waals surface area contributed by atoms with E-state index in [-0.39, 0.29) is 47.9 Å². The summed E-state index contributed by atoms with van der Waals surface area (Å²) in [6, 6.07) is -3.96. The fraction of sp³-hybridized carbons (Fsp3) is 0.788. The first-order valence-electron chi connectivity index (χ1n) is 16.9. The van der Waals surface area contributed by atoms with Crippen molar-refractivity contribution in [3.05, 3.63) is 12.7 Å². The van der Waals surface area contributed by atoms with Crippen molar-refractivity contribution < 1.29 is 32.4 Å². The highest BCUT2D eigenvalue weighted by atomic mass is 32.2. The van der Waals surface area contributed by atoms with E-state index in [1.54, 1.807) is 0 Å². The smallest absolute Gasteiger partial charge is 0.315 e. The number of likely N-dealkylation sites (tertiary alicyclic amines) is 1. The lowest BCUT2D eigenvalue weighted by Crippen LogP contribution is -2.62. The van der Waals surface area contributed by atoms with E-state index < -0.39 is 69.1 Å². The summed E-state index contributed by atoms with van der Waals surface area (Å²) in [5.74, 6) is -2.21. The van der Waals surface area contributed by atoms with Crippen molar-refractivity contribution in [3.8, 4) is 0 Å². The van der Waals surface area contributed by atoms with Gasteiger partial charge in [0.2, 0.25) is 27.6 Å². The quantitative estimate of drug-likeness (QED) is 0.159. The summed E-state index contributed by atoms with van der Waals surface area (Å²) in [4.78, 5) is 68.9. The van der Waals surface area contributed by atoms with Gasteiger partial charge in [0.15, 0.2) is 0 Å². The van der Waals surface area contributed by atoms with Crippen molar-refractivity contribution in [1.29, 1.82) is 0 Å². The molecule has 4 N–H and O–H groups in total. The van der Waals surface area contributed by atoms with Crippen LogP contribution in [-0.4, -0.2) is 103 Å². The minimum absolute atomic E-state index is 0.0675. The zero-order chi connectivity index (χ0) is 35.1. The highest BCUT2D eigenvalue weighted by Gasteiger charge is 2.70. The molecule has 6 atom stereocenters. The second-order valence-corrected chi connectivity index (χ2v) is 17.9. The summed E-state index contributed by atoms with van der Waals surface area (Å²) in [7, 11) is -3.36. The van der Waals surface area contributed by atoms with E-state index in [1.807, 2.05) is 34.6 Å². The molecule has 4 fully saturated rings. The van der Waals surface area contributed by atoms with E-state index in [0.717, 1.165) is 12.8 Å². The van der Waals surface area contributed by atoms with Crippen LogP contribution in [0.1, 0.15) is 74.1 Å². The standard InChI is InChI=1S/C33H54N6O7S/c1-9-13-34-29(42)26(40)22(16-20-11-12-20)35-28(41)25-24-21(33(24,7)8)17-39(25)30(43)27(32(4,5)6)37-31(44)36-23(19(2)3)18-38-14-10-15-47(38,45)46/h9,19-25,27H,1,10-18H2,2-8H3,(H,34,42)(H,35,41)(H2,36,37,44)/t21-,22?,23+,24-,25?,27+/m0/s1. The van der Waals surface area contributed by atoms with Gasteiger partial charge in [-0.15, -0.1) is 6.58 Å². The summed E-state index contributed by atoms with van der Waals surface area (Å²) < 4.78 is 26.2. The van der Waals surface area contributed by atoms with Crippen molar-refractivity contribution in [3.63, 3.8) is 0 Å². The van der Waals surface area contributed by atoms with Crippen LogP contribution in [-0.2, 0) is 29.2 Å². The van der Waals surface area contributed by atoms with Gasteiger partial charge in [-0.25, -0.2) is 13.2 Å². The Morgan fingerprint density at radius 3 is 2.23 bits per heavy atom. The molecule has 0 spiro atoms. The van der Waals surface area contributed by atoms with Gasteiger partial charge in [0, 0.05) is 32.2 Å². The molecule has 2 aliphatic heterocycles. The number of nitrogens with one attached hydrogen (secondary N) is 4. The third kappa shape index (κ3) is 8.36. The summed E-state index contributed by atoms with van der Waals surface area (Å²) in [5, 5.41) is 11.1. The molecule has 14 heteroatoms. The van der Waals surface area contributed by atoms with E-state index in [9.17, 15) is 32.4 Å². The Morgan fingerprint density at radius 2 is 1.70 bits per heavy atom. The maximum absolute atomic E-state index is 14.3. The molecule has 0 aromatic rings. The first-order valence-corrected chi connectivity index (χ1v) is 18.5. The van der Waals surface area contributed by atoms with Gasteiger partial charge in [-0.05, 0) is 47.3 Å². The summed E-state index contributed by atoms with van der Waals surface area (Å²) in [6.07, 6.45) is 4.21. The van der Waals surface area contributed by atoms with Crippen LogP contribution in [0.3, 0.4) is 0 Å². The van der Waals surface area contributed by atoms with Gasteiger partial charge in [-0.2, -0.15) is 4.31 Å². The Morgan fingerprint density at radius 1 is 1.04 bits per heavy atom. The minimum Gasteiger partial charge on any atom is -0.346 e. The zero-order valence-corrected chi connectivity index (χ0v) is 29.7. The van der Waals surface area contributed by atoms with Crippen molar-refractivity contribution >= 4 is 39.6 Å². The monoisotopic (exact) mass is 678 g/mol. The highest BCUT2D eigenvalue weighted by Crippen LogP contribution is 2.65. The number of fused-ring (bicyclic) bond motifs is 1. The predicted octanol–water partition coefficient (Wildman–Crippen LogP) is 1.40. The van der Waals surface area contributed by atoms with Crippen molar-refractivity contribution in [2.75, 3.05) is 31.9 Å². The van der Waals surface area contributed by atoms with Crippen LogP contribution in [0.2, 0.25) is 0 Å². The third-order valence-corrected chi connectivity index (χ3v) is 12.3. The second kappa shape index (κ2) is 13.9. The van der Waals surface area contributed by atoms with Crippen LogP contribution in [0.25, 0.3) is 0 Å². The van der Waals surface area contributed by atoms with Gasteiger partial charge in [0.25, 0.3) is 5.91 Å². The normalized spacial score (nSPS) is 26.5. The maximum Gasteiger partial charge on any atom is 0.315 e. The van der Waals surface area contributed by atoms with Crippen LogP contribution >= 0.6 is 0 Å². The average Bonchev–Trinajstić information content (AvgIpc) is 3.77. The van der Waals surface area contributed by atoms with Crippen LogP contribution in [0.4, 0.5) is 4.79 Å². The van der Waals surface area contributed by atoms with Gasteiger partial charge in [-0.3, -0.25) is 19.2 Å². The molecule has 2 heterocycles. The molecule has 47 heavy (non-hydrogen) atoms. The first kappa shape index (κ1) is 36.8. The second-order valence-electron chi connectivity index (χ2n) is 15.8. The van der Waals surface area contributed by atoms with Crippen LogP contribution in [0.15, 0.2) is 12.7 Å². The first-order chi connectivity index (χ1) is 21.8. The molecule has 5 amide bonds. The van der Waals surface area contributed by atoms with Gasteiger partial charge in [-0.1, -0.05) is 67.4 Å². The molecule has 4 rings (SSSR count). The van der Waals surface area contributed by atoms with Crippen LogP contribution in [0, 0.1) is 34.5 Å². The molecular weight excluding hydrogens is 624 g/mol. The summed E-state index contributed by atoms with van der Waals surface area (Å²) >= 11 is 0. The van der Waals surface area contributed by atoms with Crippen LogP contribution < -0.4 is 21.3 Å². The van der Waals surface area contributed by atoms with Crippen molar-refractivity contribution in [1.82, 2.24) is 30.5 Å². The fourth-order valence-corrected chi connectivity index (χ4v) is 8.64. The number of hydrogen-bond acceptors (Lipinski definition) is 7. The molecular formula is C33H54N6O7S. The van der Waals surface area contributed by atoms with Crippen LogP contribution in [0.5, 0.6) is 0 Å². The third-order valence-electron chi connectivity index (χ3n) is 10.4. The molecule has 2 aliphatic carbocycles. The summed E-state index contributed by atoms with van der Waals surface area (Å²) in [5.41, 5.74) is -0.935. The van der Waals surface area contributed by atoms with Gasteiger partial charge in [0.1, 0.15) is 12.1 Å². The number of Topliss-reactive ketones (excluding diaryl/α,β-unsaturated/α-hetero) is 1. The molecule has 13 nitrogen and oxygen atoms in total. The molecule has 0 radical (unpaired) electrons. The fourth-order valence-electron chi connectivity index (χ4n) is 7.09. The lowest BCUT2D eigenvalue weighted by atomic mass is 9.85. The number of urea groups is 1. The lowest BCUT2D eigenvalue weighted by Gasteiger charge is -2.38. The lowest BCUT2D eigenvalue weighted by molar-refractivity contribution is -0.145. The number of hydrogen-bond donors (Lipinski definition) is 4. The molecule has 2 saturated heterocycles. The Hall–Kier alpha value is -3.00. The topological polar surface area (TPSA) is 174 Å². The molecule has 0 aromatic carbocycles. The molecule has 264 valence electrons. The number of ketones is 1. The zero-order valence-electron chi connectivity index (χ0n) is 28.9. The Bertz CT molecular complexity index is 1370. The Kier molecular flexibility index (Phi) is 10.9.